The highest BCUT2D eigenvalue weighted by molar-refractivity contribution is 6.34. The lowest BCUT2D eigenvalue weighted by Crippen LogP contribution is -2.42. The molecule has 0 aromatic heterocycles. The van der Waals surface area contributed by atoms with Crippen molar-refractivity contribution in [2.45, 2.75) is 32.4 Å². The second kappa shape index (κ2) is 7.84. The average Bonchev–Trinajstić information content (AvgIpc) is 2.33. The van der Waals surface area contributed by atoms with Crippen molar-refractivity contribution in [1.82, 2.24) is 5.32 Å². The number of carbonyl (C=O) groups excluding carboxylic acids is 1. The molecule has 0 fully saturated rings. The molecule has 1 rings (SSSR count). The van der Waals surface area contributed by atoms with Gasteiger partial charge in [0.15, 0.2) is 0 Å². The topological polar surface area (TPSA) is 75.4 Å². The van der Waals surface area contributed by atoms with Crippen LogP contribution in [0.2, 0.25) is 10.0 Å². The lowest BCUT2D eigenvalue weighted by Gasteiger charge is -2.17. The molecule has 2 atom stereocenters. The molecule has 1 aromatic rings. The summed E-state index contributed by atoms with van der Waals surface area (Å²) in [5, 5.41) is 13.5. The molecule has 0 aliphatic heterocycles. The molecule has 1 aromatic carbocycles. The summed E-state index contributed by atoms with van der Waals surface area (Å²) in [5.74, 6) is 0.0679. The molecule has 0 aliphatic rings. The Morgan fingerprint density at radius 1 is 1.30 bits per heavy atom. The zero-order valence-corrected chi connectivity index (χ0v) is 13.1. The standard InChI is InChI=1S/C14H20Cl2N2O2/c1-8(2)3-12(17)14(20)18-7-13(19)9-4-10(15)6-11(16)5-9/h4-6,8,12-13,19H,3,7,17H2,1-2H3,(H,18,20)/t12-,13?/m0/s1. The molecule has 0 saturated carbocycles. The molecule has 4 nitrogen and oxygen atoms in total. The van der Waals surface area contributed by atoms with Crippen molar-refractivity contribution in [1.29, 1.82) is 0 Å². The smallest absolute Gasteiger partial charge is 0.237 e. The van der Waals surface area contributed by atoms with Gasteiger partial charge in [-0.25, -0.2) is 0 Å². The minimum atomic E-state index is -0.874. The Morgan fingerprint density at radius 2 is 1.85 bits per heavy atom. The van der Waals surface area contributed by atoms with Crippen LogP contribution in [0.25, 0.3) is 0 Å². The van der Waals surface area contributed by atoms with Crippen LogP contribution < -0.4 is 11.1 Å². The minimum absolute atomic E-state index is 0.0707. The SMILES string of the molecule is CC(C)C[C@H](N)C(=O)NCC(O)c1cc(Cl)cc(Cl)c1. The van der Waals surface area contributed by atoms with Crippen LogP contribution in [0.3, 0.4) is 0 Å². The lowest BCUT2D eigenvalue weighted by atomic mass is 10.0. The summed E-state index contributed by atoms with van der Waals surface area (Å²) in [6.07, 6.45) is -0.272. The second-order valence-electron chi connectivity index (χ2n) is 5.20. The first kappa shape index (κ1) is 17.2. The van der Waals surface area contributed by atoms with E-state index >= 15 is 0 Å². The molecular formula is C14H20Cl2N2O2. The predicted octanol–water partition coefficient (Wildman–Crippen LogP) is 2.52. The Hall–Kier alpha value is -0.810. The largest absolute Gasteiger partial charge is 0.387 e. The zero-order valence-electron chi connectivity index (χ0n) is 11.6. The number of aliphatic hydroxyl groups is 1. The Kier molecular flexibility index (Phi) is 6.76. The number of benzene rings is 1. The van der Waals surface area contributed by atoms with Crippen LogP contribution in [0.4, 0.5) is 0 Å². The second-order valence-corrected chi connectivity index (χ2v) is 6.07. The average molecular weight is 319 g/mol. The molecule has 6 heteroatoms. The first-order valence-electron chi connectivity index (χ1n) is 6.47. The molecule has 4 N–H and O–H groups in total. The summed E-state index contributed by atoms with van der Waals surface area (Å²) in [6, 6.07) is 4.23. The molecule has 0 bridgehead atoms. The van der Waals surface area contributed by atoms with Gasteiger partial charge in [0, 0.05) is 16.6 Å². The number of nitrogens with two attached hydrogens (primary N) is 1. The number of hydrogen-bond acceptors (Lipinski definition) is 3. The van der Waals surface area contributed by atoms with Gasteiger partial charge < -0.3 is 16.2 Å². The molecule has 1 amide bonds. The van der Waals surface area contributed by atoms with E-state index < -0.39 is 12.1 Å². The van der Waals surface area contributed by atoms with Crippen molar-refractivity contribution in [3.63, 3.8) is 0 Å². The molecule has 0 radical (unpaired) electrons. The summed E-state index contributed by atoms with van der Waals surface area (Å²) in [6.45, 7) is 4.06. The van der Waals surface area contributed by atoms with E-state index in [1.807, 2.05) is 13.8 Å². The molecule has 0 aliphatic carbocycles. The van der Waals surface area contributed by atoms with Crippen LogP contribution in [-0.4, -0.2) is 23.6 Å². The molecular weight excluding hydrogens is 299 g/mol. The van der Waals surface area contributed by atoms with E-state index in [9.17, 15) is 9.90 Å². The van der Waals surface area contributed by atoms with Gasteiger partial charge >= 0.3 is 0 Å². The Balaban J connectivity index is 2.54. The fourth-order valence-electron chi connectivity index (χ4n) is 1.83. The van der Waals surface area contributed by atoms with Crippen molar-refractivity contribution < 1.29 is 9.90 Å². The number of carbonyl (C=O) groups is 1. The van der Waals surface area contributed by atoms with Crippen LogP contribution in [0.5, 0.6) is 0 Å². The van der Waals surface area contributed by atoms with Crippen LogP contribution in [0.15, 0.2) is 18.2 Å². The maximum Gasteiger partial charge on any atom is 0.237 e. The molecule has 1 unspecified atom stereocenters. The summed E-state index contributed by atoms with van der Waals surface area (Å²) in [5.41, 5.74) is 6.31. The van der Waals surface area contributed by atoms with E-state index in [4.69, 9.17) is 28.9 Å². The maximum atomic E-state index is 11.7. The molecule has 0 heterocycles. The van der Waals surface area contributed by atoms with E-state index in [-0.39, 0.29) is 12.5 Å². The number of aliphatic hydroxyl groups excluding tert-OH is 1. The highest BCUT2D eigenvalue weighted by atomic mass is 35.5. The van der Waals surface area contributed by atoms with Gasteiger partial charge in [-0.1, -0.05) is 37.0 Å². The molecule has 20 heavy (non-hydrogen) atoms. The van der Waals surface area contributed by atoms with Crippen molar-refractivity contribution in [2.24, 2.45) is 11.7 Å². The molecule has 0 spiro atoms. The third-order valence-electron chi connectivity index (χ3n) is 2.80. The van der Waals surface area contributed by atoms with Gasteiger partial charge in [-0.05, 0) is 36.1 Å². The van der Waals surface area contributed by atoms with Gasteiger partial charge in [0.1, 0.15) is 0 Å². The number of halogens is 2. The van der Waals surface area contributed by atoms with Gasteiger partial charge in [0.05, 0.1) is 12.1 Å². The Labute approximate surface area is 129 Å². The number of hydrogen-bond donors (Lipinski definition) is 3. The number of nitrogens with one attached hydrogen (secondary N) is 1. The third-order valence-corrected chi connectivity index (χ3v) is 3.24. The summed E-state index contributed by atoms with van der Waals surface area (Å²) in [7, 11) is 0. The summed E-state index contributed by atoms with van der Waals surface area (Å²) >= 11 is 11.7. The van der Waals surface area contributed by atoms with Crippen molar-refractivity contribution in [3.8, 4) is 0 Å². The normalized spacial score (nSPS) is 14.2. The monoisotopic (exact) mass is 318 g/mol. The molecule has 112 valence electrons. The Morgan fingerprint density at radius 3 is 2.35 bits per heavy atom. The quantitative estimate of drug-likeness (QED) is 0.754. The first-order valence-corrected chi connectivity index (χ1v) is 7.22. The van der Waals surface area contributed by atoms with Crippen molar-refractivity contribution in [3.05, 3.63) is 33.8 Å². The van der Waals surface area contributed by atoms with Crippen molar-refractivity contribution >= 4 is 29.1 Å². The van der Waals surface area contributed by atoms with Crippen LogP contribution in [0, 0.1) is 5.92 Å². The minimum Gasteiger partial charge on any atom is -0.387 e. The highest BCUT2D eigenvalue weighted by Crippen LogP contribution is 2.23. The van der Waals surface area contributed by atoms with Crippen LogP contribution in [0.1, 0.15) is 31.9 Å². The lowest BCUT2D eigenvalue weighted by molar-refractivity contribution is -0.123. The van der Waals surface area contributed by atoms with Crippen molar-refractivity contribution in [2.75, 3.05) is 6.54 Å². The molecule has 0 saturated heterocycles. The summed E-state index contributed by atoms with van der Waals surface area (Å²) < 4.78 is 0. The van der Waals surface area contributed by atoms with Gasteiger partial charge in [-0.15, -0.1) is 0 Å². The maximum absolute atomic E-state index is 11.7. The fourth-order valence-corrected chi connectivity index (χ4v) is 2.37. The fraction of sp³-hybridized carbons (Fsp3) is 0.500. The zero-order chi connectivity index (χ0) is 15.3. The van der Waals surface area contributed by atoms with Crippen LogP contribution in [-0.2, 0) is 4.79 Å². The number of amides is 1. The van der Waals surface area contributed by atoms with E-state index in [0.717, 1.165) is 0 Å². The highest BCUT2D eigenvalue weighted by Gasteiger charge is 2.17. The first-order chi connectivity index (χ1) is 9.29. The van der Waals surface area contributed by atoms with Gasteiger partial charge in [-0.3, -0.25) is 4.79 Å². The number of rotatable bonds is 6. The van der Waals surface area contributed by atoms with E-state index in [1.165, 1.54) is 0 Å². The van der Waals surface area contributed by atoms with Gasteiger partial charge in [-0.2, -0.15) is 0 Å². The Bertz CT molecular complexity index is 446. The van der Waals surface area contributed by atoms with E-state index in [1.54, 1.807) is 18.2 Å². The van der Waals surface area contributed by atoms with E-state index in [0.29, 0.717) is 27.9 Å². The van der Waals surface area contributed by atoms with E-state index in [2.05, 4.69) is 5.32 Å². The van der Waals surface area contributed by atoms with Crippen LogP contribution >= 0.6 is 23.2 Å². The summed E-state index contributed by atoms with van der Waals surface area (Å²) in [4.78, 5) is 11.7. The van der Waals surface area contributed by atoms with Gasteiger partial charge in [0.2, 0.25) is 5.91 Å². The predicted molar refractivity (Wildman–Crippen MR) is 81.9 cm³/mol. The van der Waals surface area contributed by atoms with Gasteiger partial charge in [0.25, 0.3) is 0 Å². The third kappa shape index (κ3) is 5.67.